The Hall–Kier alpha value is -1.95. The monoisotopic (exact) mass is 364 g/mol. The number of carbonyl (C=O) groups is 1. The van der Waals surface area contributed by atoms with Crippen molar-refractivity contribution in [3.8, 4) is 17.2 Å². The van der Waals surface area contributed by atoms with Crippen LogP contribution in [-0.4, -0.2) is 52.8 Å². The van der Waals surface area contributed by atoms with Crippen molar-refractivity contribution in [3.63, 3.8) is 0 Å². The molecule has 1 aromatic rings. The second-order valence-corrected chi connectivity index (χ2v) is 7.02. The molecule has 26 heavy (non-hydrogen) atoms. The van der Waals surface area contributed by atoms with Gasteiger partial charge in [0, 0.05) is 12.5 Å². The first-order chi connectivity index (χ1) is 12.5. The van der Waals surface area contributed by atoms with E-state index in [4.69, 9.17) is 14.2 Å². The summed E-state index contributed by atoms with van der Waals surface area (Å²) in [5.41, 5.74) is 1.01. The molecule has 0 heterocycles. The van der Waals surface area contributed by atoms with Gasteiger partial charge in [-0.05, 0) is 44.6 Å². The van der Waals surface area contributed by atoms with Crippen molar-refractivity contribution in [1.29, 1.82) is 0 Å². The van der Waals surface area contributed by atoms with E-state index < -0.39 is 0 Å². The number of hydrogen-bond donors (Lipinski definition) is 1. The predicted octanol–water partition coefficient (Wildman–Crippen LogP) is 3.01. The second-order valence-electron chi connectivity index (χ2n) is 7.02. The zero-order valence-electron chi connectivity index (χ0n) is 16.6. The molecule has 1 atom stereocenters. The lowest BCUT2D eigenvalue weighted by Gasteiger charge is -2.28. The topological polar surface area (TPSA) is 60.0 Å². The molecule has 1 unspecified atom stereocenters. The summed E-state index contributed by atoms with van der Waals surface area (Å²) in [6.07, 6.45) is 5.56. The number of methoxy groups -OCH3 is 3. The van der Waals surface area contributed by atoms with Crippen LogP contribution in [0.1, 0.15) is 43.7 Å². The van der Waals surface area contributed by atoms with E-state index in [9.17, 15) is 4.79 Å². The summed E-state index contributed by atoms with van der Waals surface area (Å²) in [4.78, 5) is 14.6. The number of amides is 1. The fourth-order valence-corrected chi connectivity index (χ4v) is 3.60. The average Bonchev–Trinajstić information content (AvgIpc) is 2.67. The maximum atomic E-state index is 12.5. The zero-order valence-corrected chi connectivity index (χ0v) is 16.6. The second kappa shape index (κ2) is 9.67. The number of ether oxygens (including phenoxy) is 3. The third kappa shape index (κ3) is 4.81. The van der Waals surface area contributed by atoms with Crippen molar-refractivity contribution in [1.82, 2.24) is 10.2 Å². The van der Waals surface area contributed by atoms with Gasteiger partial charge in [0.2, 0.25) is 11.7 Å². The maximum absolute atomic E-state index is 12.5. The minimum Gasteiger partial charge on any atom is -0.493 e. The standard InChI is InChI=1S/C20H32N2O4/c1-22(2)16(13-21-20(23)14-9-7-6-8-10-14)15-11-17(24-3)19(26-5)18(12-15)25-4/h11-12,14,16H,6-10,13H2,1-5H3,(H,21,23). The van der Waals surface area contributed by atoms with Crippen molar-refractivity contribution in [2.45, 2.75) is 38.1 Å². The van der Waals surface area contributed by atoms with E-state index in [0.29, 0.717) is 23.8 Å². The fourth-order valence-electron chi connectivity index (χ4n) is 3.60. The molecule has 6 nitrogen and oxygen atoms in total. The number of benzene rings is 1. The van der Waals surface area contributed by atoms with Gasteiger partial charge in [-0.15, -0.1) is 0 Å². The highest BCUT2D eigenvalue weighted by atomic mass is 16.5. The van der Waals surface area contributed by atoms with Crippen LogP contribution in [0, 0.1) is 5.92 Å². The molecule has 1 aromatic carbocycles. The maximum Gasteiger partial charge on any atom is 0.223 e. The Labute approximate surface area is 156 Å². The molecule has 1 saturated carbocycles. The molecule has 6 heteroatoms. The van der Waals surface area contributed by atoms with E-state index in [1.807, 2.05) is 26.2 Å². The molecule has 0 radical (unpaired) electrons. The summed E-state index contributed by atoms with van der Waals surface area (Å²) < 4.78 is 16.3. The lowest BCUT2D eigenvalue weighted by molar-refractivity contribution is -0.126. The van der Waals surface area contributed by atoms with Crippen LogP contribution in [-0.2, 0) is 4.79 Å². The van der Waals surface area contributed by atoms with Gasteiger partial charge in [0.15, 0.2) is 11.5 Å². The first kappa shape index (κ1) is 20.4. The zero-order chi connectivity index (χ0) is 19.1. The Kier molecular flexibility index (Phi) is 7.57. The van der Waals surface area contributed by atoms with Crippen LogP contribution < -0.4 is 19.5 Å². The van der Waals surface area contributed by atoms with Crippen LogP contribution in [0.15, 0.2) is 12.1 Å². The van der Waals surface area contributed by atoms with E-state index in [2.05, 4.69) is 10.2 Å². The fraction of sp³-hybridized carbons (Fsp3) is 0.650. The number of likely N-dealkylation sites (N-methyl/N-ethyl adjacent to an activating group) is 1. The molecule has 0 aromatic heterocycles. The van der Waals surface area contributed by atoms with Crippen molar-refractivity contribution in [3.05, 3.63) is 17.7 Å². The molecule has 1 aliphatic rings. The van der Waals surface area contributed by atoms with E-state index in [1.165, 1.54) is 6.42 Å². The summed E-state index contributed by atoms with van der Waals surface area (Å²) in [6, 6.07) is 3.90. The van der Waals surface area contributed by atoms with Crippen molar-refractivity contribution in [2.75, 3.05) is 42.0 Å². The lowest BCUT2D eigenvalue weighted by atomic mass is 9.88. The van der Waals surface area contributed by atoms with Gasteiger partial charge in [-0.1, -0.05) is 19.3 Å². The van der Waals surface area contributed by atoms with Gasteiger partial charge in [0.05, 0.1) is 27.4 Å². The highest BCUT2D eigenvalue weighted by Gasteiger charge is 2.24. The number of nitrogens with zero attached hydrogens (tertiary/aromatic N) is 1. The van der Waals surface area contributed by atoms with Gasteiger partial charge in [0.25, 0.3) is 0 Å². The molecule has 1 N–H and O–H groups in total. The van der Waals surface area contributed by atoms with Crippen LogP contribution in [0.3, 0.4) is 0 Å². The van der Waals surface area contributed by atoms with Crippen molar-refractivity contribution >= 4 is 5.91 Å². The molecule has 0 saturated heterocycles. The lowest BCUT2D eigenvalue weighted by Crippen LogP contribution is -2.38. The van der Waals surface area contributed by atoms with Gasteiger partial charge >= 0.3 is 0 Å². The minimum absolute atomic E-state index is 0.0104. The van der Waals surface area contributed by atoms with E-state index in [-0.39, 0.29) is 17.9 Å². The van der Waals surface area contributed by atoms with Gasteiger partial charge < -0.3 is 24.4 Å². The summed E-state index contributed by atoms with van der Waals surface area (Å²) in [6.45, 7) is 0.543. The molecule has 1 fully saturated rings. The van der Waals surface area contributed by atoms with Gasteiger partial charge in [-0.25, -0.2) is 0 Å². The third-order valence-corrected chi connectivity index (χ3v) is 5.14. The Morgan fingerprint density at radius 2 is 1.65 bits per heavy atom. The molecule has 1 aliphatic carbocycles. The molecule has 146 valence electrons. The number of rotatable bonds is 8. The smallest absolute Gasteiger partial charge is 0.223 e. The highest BCUT2D eigenvalue weighted by Crippen LogP contribution is 2.40. The molecule has 0 bridgehead atoms. The van der Waals surface area contributed by atoms with E-state index in [0.717, 1.165) is 31.2 Å². The largest absolute Gasteiger partial charge is 0.493 e. The summed E-state index contributed by atoms with van der Waals surface area (Å²) in [7, 11) is 8.81. The third-order valence-electron chi connectivity index (χ3n) is 5.14. The van der Waals surface area contributed by atoms with Crippen LogP contribution in [0.2, 0.25) is 0 Å². The summed E-state index contributed by atoms with van der Waals surface area (Å²) in [5.74, 6) is 2.14. The number of nitrogens with one attached hydrogen (secondary N) is 1. The van der Waals surface area contributed by atoms with Crippen molar-refractivity contribution < 1.29 is 19.0 Å². The Bertz CT molecular complexity index is 572. The molecule has 0 spiro atoms. The average molecular weight is 364 g/mol. The Morgan fingerprint density at radius 1 is 1.08 bits per heavy atom. The molecular formula is C20H32N2O4. The van der Waals surface area contributed by atoms with E-state index >= 15 is 0 Å². The SMILES string of the molecule is COc1cc(C(CNC(=O)C2CCCCC2)N(C)C)cc(OC)c1OC. The first-order valence-electron chi connectivity index (χ1n) is 9.25. The minimum atomic E-state index is 0.0104. The predicted molar refractivity (Wildman–Crippen MR) is 102 cm³/mol. The summed E-state index contributed by atoms with van der Waals surface area (Å²) in [5, 5.41) is 3.14. The Morgan fingerprint density at radius 3 is 2.12 bits per heavy atom. The molecule has 2 rings (SSSR count). The van der Waals surface area contributed by atoms with Crippen LogP contribution in [0.4, 0.5) is 0 Å². The quantitative estimate of drug-likeness (QED) is 0.768. The van der Waals surface area contributed by atoms with Crippen LogP contribution >= 0.6 is 0 Å². The molecule has 1 amide bonds. The Balaban J connectivity index is 2.17. The summed E-state index contributed by atoms with van der Waals surface area (Å²) >= 11 is 0. The molecular weight excluding hydrogens is 332 g/mol. The van der Waals surface area contributed by atoms with Gasteiger partial charge in [-0.3, -0.25) is 4.79 Å². The van der Waals surface area contributed by atoms with Crippen LogP contribution in [0.5, 0.6) is 17.2 Å². The van der Waals surface area contributed by atoms with Crippen molar-refractivity contribution in [2.24, 2.45) is 5.92 Å². The van der Waals surface area contributed by atoms with Gasteiger partial charge in [-0.2, -0.15) is 0 Å². The molecule has 0 aliphatic heterocycles. The van der Waals surface area contributed by atoms with Gasteiger partial charge in [0.1, 0.15) is 0 Å². The normalized spacial score (nSPS) is 16.2. The van der Waals surface area contributed by atoms with Crippen LogP contribution in [0.25, 0.3) is 0 Å². The van der Waals surface area contributed by atoms with E-state index in [1.54, 1.807) is 21.3 Å². The highest BCUT2D eigenvalue weighted by molar-refractivity contribution is 5.78. The number of hydrogen-bond acceptors (Lipinski definition) is 5. The number of carbonyl (C=O) groups excluding carboxylic acids is 1. The first-order valence-corrected chi connectivity index (χ1v) is 9.25.